The number of sulfonamides is 1. The first-order valence-electron chi connectivity index (χ1n) is 6.99. The fraction of sp³-hybridized carbons (Fsp3) is 0.250. The first kappa shape index (κ1) is 17.1. The van der Waals surface area contributed by atoms with E-state index < -0.39 is 14.9 Å². The quantitative estimate of drug-likeness (QED) is 0.622. The van der Waals surface area contributed by atoms with Crippen molar-refractivity contribution in [2.75, 3.05) is 7.05 Å². The Morgan fingerprint density at radius 1 is 1.13 bits per heavy atom. The minimum Gasteiger partial charge on any atom is -0.258 e. The van der Waals surface area contributed by atoms with Crippen LogP contribution in [0.25, 0.3) is 0 Å². The molecule has 0 aliphatic heterocycles. The van der Waals surface area contributed by atoms with Crippen molar-refractivity contribution >= 4 is 15.7 Å². The Bertz CT molecular complexity index is 847. The number of benzene rings is 2. The van der Waals surface area contributed by atoms with E-state index in [0.29, 0.717) is 11.1 Å². The van der Waals surface area contributed by atoms with Gasteiger partial charge in [-0.3, -0.25) is 10.1 Å². The third kappa shape index (κ3) is 3.57. The van der Waals surface area contributed by atoms with Gasteiger partial charge in [0.05, 0.1) is 9.82 Å². The van der Waals surface area contributed by atoms with E-state index in [4.69, 9.17) is 0 Å². The van der Waals surface area contributed by atoms with Gasteiger partial charge < -0.3 is 0 Å². The van der Waals surface area contributed by atoms with Crippen molar-refractivity contribution in [3.63, 3.8) is 0 Å². The Hall–Kier alpha value is -2.25. The standard InChI is InChI=1S/C16H18N2O4S/c1-12-8-9-13(2)16(10-12)23(21,22)17(3)11-14-6-4-5-7-15(14)18(19)20/h4-10H,11H2,1-3H3. The zero-order chi connectivity index (χ0) is 17.2. The van der Waals surface area contributed by atoms with Crippen molar-refractivity contribution in [1.29, 1.82) is 0 Å². The highest BCUT2D eigenvalue weighted by Crippen LogP contribution is 2.24. The van der Waals surface area contributed by atoms with Gasteiger partial charge in [0.15, 0.2) is 0 Å². The summed E-state index contributed by atoms with van der Waals surface area (Å²) in [7, 11) is -2.30. The SMILES string of the molecule is Cc1ccc(C)c(S(=O)(=O)N(C)Cc2ccccc2[N+](=O)[O-])c1. The van der Waals surface area contributed by atoms with Gasteiger partial charge in [-0.05, 0) is 31.0 Å². The zero-order valence-electron chi connectivity index (χ0n) is 13.2. The number of hydrogen-bond donors (Lipinski definition) is 0. The molecule has 2 rings (SSSR count). The van der Waals surface area contributed by atoms with E-state index in [-0.39, 0.29) is 17.1 Å². The average Bonchev–Trinajstić information content (AvgIpc) is 2.49. The number of para-hydroxylation sites is 1. The van der Waals surface area contributed by atoms with Crippen LogP contribution in [0.3, 0.4) is 0 Å². The number of hydrogen-bond acceptors (Lipinski definition) is 4. The lowest BCUT2D eigenvalue weighted by molar-refractivity contribution is -0.385. The monoisotopic (exact) mass is 334 g/mol. The highest BCUT2D eigenvalue weighted by atomic mass is 32.2. The minimum absolute atomic E-state index is 0.0626. The van der Waals surface area contributed by atoms with Crippen molar-refractivity contribution in [3.05, 3.63) is 69.3 Å². The van der Waals surface area contributed by atoms with Gasteiger partial charge in [-0.15, -0.1) is 0 Å². The van der Waals surface area contributed by atoms with E-state index in [2.05, 4.69) is 0 Å². The van der Waals surface area contributed by atoms with Crippen molar-refractivity contribution in [2.45, 2.75) is 25.3 Å². The van der Waals surface area contributed by atoms with E-state index >= 15 is 0 Å². The molecule has 0 N–H and O–H groups in total. The molecule has 6 nitrogen and oxygen atoms in total. The van der Waals surface area contributed by atoms with Crippen LogP contribution in [0, 0.1) is 24.0 Å². The molecule has 122 valence electrons. The summed E-state index contributed by atoms with van der Waals surface area (Å²) in [6, 6.07) is 11.3. The Balaban J connectivity index is 2.39. The van der Waals surface area contributed by atoms with Crippen molar-refractivity contribution in [3.8, 4) is 0 Å². The second kappa shape index (κ2) is 6.47. The molecule has 0 spiro atoms. The molecule has 0 atom stereocenters. The normalized spacial score (nSPS) is 11.7. The van der Waals surface area contributed by atoms with Gasteiger partial charge in [0.1, 0.15) is 0 Å². The molecule has 0 bridgehead atoms. The molecule has 0 unspecified atom stereocenters. The fourth-order valence-electron chi connectivity index (χ4n) is 2.30. The van der Waals surface area contributed by atoms with Gasteiger partial charge in [-0.25, -0.2) is 8.42 Å². The summed E-state index contributed by atoms with van der Waals surface area (Å²) in [4.78, 5) is 10.8. The summed E-state index contributed by atoms with van der Waals surface area (Å²) in [5.74, 6) is 0. The molecule has 0 amide bonds. The zero-order valence-corrected chi connectivity index (χ0v) is 14.0. The van der Waals surface area contributed by atoms with E-state index in [0.717, 1.165) is 9.87 Å². The topological polar surface area (TPSA) is 80.5 Å². The van der Waals surface area contributed by atoms with Crippen LogP contribution in [-0.4, -0.2) is 24.7 Å². The number of nitro benzene ring substituents is 1. The first-order chi connectivity index (χ1) is 10.7. The van der Waals surface area contributed by atoms with E-state index in [1.54, 1.807) is 37.3 Å². The van der Waals surface area contributed by atoms with Gasteiger partial charge in [0.2, 0.25) is 10.0 Å². The molecule has 0 aliphatic rings. The molecular weight excluding hydrogens is 316 g/mol. The number of aryl methyl sites for hydroxylation is 2. The molecule has 0 saturated heterocycles. The number of rotatable bonds is 5. The summed E-state index contributed by atoms with van der Waals surface area (Å²) < 4.78 is 26.6. The molecule has 0 aliphatic carbocycles. The smallest absolute Gasteiger partial charge is 0.258 e. The maximum atomic E-state index is 12.7. The molecule has 7 heteroatoms. The third-order valence-corrected chi connectivity index (χ3v) is 5.56. The highest BCUT2D eigenvalue weighted by molar-refractivity contribution is 7.89. The molecule has 0 radical (unpaired) electrons. The van der Waals surface area contributed by atoms with Gasteiger partial charge in [0.25, 0.3) is 5.69 Å². The molecule has 0 heterocycles. The van der Waals surface area contributed by atoms with Crippen LogP contribution in [0.2, 0.25) is 0 Å². The highest BCUT2D eigenvalue weighted by Gasteiger charge is 2.25. The maximum absolute atomic E-state index is 12.7. The molecular formula is C16H18N2O4S. The second-order valence-electron chi connectivity index (χ2n) is 5.42. The van der Waals surface area contributed by atoms with Crippen molar-refractivity contribution in [1.82, 2.24) is 4.31 Å². The van der Waals surface area contributed by atoms with Gasteiger partial charge >= 0.3 is 0 Å². The first-order valence-corrected chi connectivity index (χ1v) is 8.43. The van der Waals surface area contributed by atoms with E-state index in [1.165, 1.54) is 13.1 Å². The second-order valence-corrected chi connectivity index (χ2v) is 7.43. The Kier molecular flexibility index (Phi) is 4.82. The van der Waals surface area contributed by atoms with Crippen LogP contribution in [0.5, 0.6) is 0 Å². The fourth-order valence-corrected chi connectivity index (χ4v) is 3.76. The van der Waals surface area contributed by atoms with Crippen molar-refractivity contribution < 1.29 is 13.3 Å². The predicted octanol–water partition coefficient (Wildman–Crippen LogP) is 3.03. The van der Waals surface area contributed by atoms with Crippen LogP contribution < -0.4 is 0 Å². The molecule has 0 saturated carbocycles. The summed E-state index contributed by atoms with van der Waals surface area (Å²) in [6.45, 7) is 3.48. The summed E-state index contributed by atoms with van der Waals surface area (Å²) in [5, 5.41) is 11.1. The van der Waals surface area contributed by atoms with Crippen LogP contribution in [0.4, 0.5) is 5.69 Å². The van der Waals surface area contributed by atoms with Gasteiger partial charge in [-0.2, -0.15) is 4.31 Å². The lowest BCUT2D eigenvalue weighted by Crippen LogP contribution is -2.27. The lowest BCUT2D eigenvalue weighted by Gasteiger charge is -2.19. The Labute approximate surface area is 135 Å². The Morgan fingerprint density at radius 3 is 2.43 bits per heavy atom. The largest absolute Gasteiger partial charge is 0.273 e. The summed E-state index contributed by atoms with van der Waals surface area (Å²) >= 11 is 0. The number of nitro groups is 1. The van der Waals surface area contributed by atoms with Crippen LogP contribution in [0.1, 0.15) is 16.7 Å². The minimum atomic E-state index is -3.72. The van der Waals surface area contributed by atoms with Crippen LogP contribution in [-0.2, 0) is 16.6 Å². The lowest BCUT2D eigenvalue weighted by atomic mass is 10.2. The summed E-state index contributed by atoms with van der Waals surface area (Å²) in [5.41, 5.74) is 1.75. The molecule has 0 aromatic heterocycles. The number of nitrogens with zero attached hydrogens (tertiary/aromatic N) is 2. The average molecular weight is 334 g/mol. The Morgan fingerprint density at radius 2 is 1.78 bits per heavy atom. The predicted molar refractivity (Wildman–Crippen MR) is 87.7 cm³/mol. The van der Waals surface area contributed by atoms with Crippen LogP contribution >= 0.6 is 0 Å². The molecule has 2 aromatic rings. The van der Waals surface area contributed by atoms with E-state index in [1.807, 2.05) is 13.0 Å². The molecule has 23 heavy (non-hydrogen) atoms. The third-order valence-electron chi connectivity index (χ3n) is 3.61. The van der Waals surface area contributed by atoms with E-state index in [9.17, 15) is 18.5 Å². The van der Waals surface area contributed by atoms with Crippen LogP contribution in [0.15, 0.2) is 47.4 Å². The molecule has 2 aromatic carbocycles. The molecule has 0 fully saturated rings. The maximum Gasteiger partial charge on any atom is 0.273 e. The van der Waals surface area contributed by atoms with Crippen molar-refractivity contribution in [2.24, 2.45) is 0 Å². The van der Waals surface area contributed by atoms with Gasteiger partial charge in [-0.1, -0.05) is 30.3 Å². The van der Waals surface area contributed by atoms with Gasteiger partial charge in [0, 0.05) is 25.2 Å². The summed E-state index contributed by atoms with van der Waals surface area (Å²) in [6.07, 6.45) is 0.